The number of rotatable bonds is 2. The van der Waals surface area contributed by atoms with E-state index >= 15 is 0 Å². The number of carbonyl (C=O) groups excluding carboxylic acids is 1. The summed E-state index contributed by atoms with van der Waals surface area (Å²) in [5.41, 5.74) is -1.40. The van der Waals surface area contributed by atoms with Crippen molar-refractivity contribution in [2.24, 2.45) is 17.3 Å². The molecule has 0 saturated heterocycles. The summed E-state index contributed by atoms with van der Waals surface area (Å²) in [5, 5.41) is 10.8. The molecule has 0 amide bonds. The van der Waals surface area contributed by atoms with Gasteiger partial charge in [0.15, 0.2) is 0 Å². The maximum atomic E-state index is 11.8. The fourth-order valence-electron chi connectivity index (χ4n) is 3.66. The normalized spacial score (nSPS) is 41.5. The lowest BCUT2D eigenvalue weighted by atomic mass is 9.66. The predicted octanol–water partition coefficient (Wildman–Crippen LogP) is 2.13. The number of hydrogen-bond acceptors (Lipinski definition) is 3. The minimum Gasteiger partial charge on any atom is -0.469 e. The van der Waals surface area contributed by atoms with Crippen molar-refractivity contribution in [3.63, 3.8) is 0 Å². The van der Waals surface area contributed by atoms with Crippen LogP contribution in [0.2, 0.25) is 0 Å². The summed E-state index contributed by atoms with van der Waals surface area (Å²) < 4.78 is 4.87. The van der Waals surface area contributed by atoms with Gasteiger partial charge in [0.05, 0.1) is 18.1 Å². The summed E-state index contributed by atoms with van der Waals surface area (Å²) in [5.74, 6) is 0.781. The highest BCUT2D eigenvalue weighted by atomic mass is 16.5. The van der Waals surface area contributed by atoms with Crippen LogP contribution in [-0.4, -0.2) is 23.8 Å². The average molecular weight is 226 g/mol. The van der Waals surface area contributed by atoms with Gasteiger partial charge in [-0.05, 0) is 43.9 Å². The monoisotopic (exact) mass is 226 g/mol. The zero-order chi connectivity index (χ0) is 12.0. The van der Waals surface area contributed by atoms with Crippen LogP contribution < -0.4 is 0 Å². The molecule has 0 spiro atoms. The van der Waals surface area contributed by atoms with Crippen molar-refractivity contribution in [2.75, 3.05) is 7.11 Å². The highest BCUT2D eigenvalue weighted by molar-refractivity contribution is 5.81. The molecule has 0 aliphatic heterocycles. The first-order valence-electron chi connectivity index (χ1n) is 6.24. The molecule has 2 fully saturated rings. The van der Waals surface area contributed by atoms with Crippen molar-refractivity contribution in [1.82, 2.24) is 0 Å². The van der Waals surface area contributed by atoms with Gasteiger partial charge in [0.25, 0.3) is 0 Å². The molecule has 0 heterocycles. The Kier molecular flexibility index (Phi) is 2.77. The maximum absolute atomic E-state index is 11.8. The van der Waals surface area contributed by atoms with Gasteiger partial charge in [0, 0.05) is 0 Å². The Bertz CT molecular complexity index is 284. The Labute approximate surface area is 97.2 Å². The van der Waals surface area contributed by atoms with Gasteiger partial charge in [-0.2, -0.15) is 0 Å². The summed E-state index contributed by atoms with van der Waals surface area (Å²) in [6.07, 6.45) is 4.21. The third-order valence-electron chi connectivity index (χ3n) is 4.39. The van der Waals surface area contributed by atoms with Gasteiger partial charge in [0.2, 0.25) is 0 Å². The van der Waals surface area contributed by atoms with Crippen molar-refractivity contribution in [1.29, 1.82) is 0 Å². The van der Waals surface area contributed by atoms with Crippen LogP contribution in [0.25, 0.3) is 0 Å². The minimum atomic E-state index is -0.822. The lowest BCUT2D eigenvalue weighted by molar-refractivity contribution is -0.166. The lowest BCUT2D eigenvalue weighted by Gasteiger charge is -2.43. The van der Waals surface area contributed by atoms with Crippen LogP contribution in [0.4, 0.5) is 0 Å². The third-order valence-corrected chi connectivity index (χ3v) is 4.39. The van der Waals surface area contributed by atoms with Crippen LogP contribution >= 0.6 is 0 Å². The van der Waals surface area contributed by atoms with Crippen molar-refractivity contribution >= 4 is 5.97 Å². The summed E-state index contributed by atoms with van der Waals surface area (Å²) in [6, 6.07) is 0. The molecule has 2 unspecified atom stereocenters. The summed E-state index contributed by atoms with van der Waals surface area (Å²) in [6.45, 7) is 4.32. The molecule has 2 saturated carbocycles. The topological polar surface area (TPSA) is 46.5 Å². The van der Waals surface area contributed by atoms with E-state index in [0.29, 0.717) is 11.8 Å². The molecule has 92 valence electrons. The number of carbonyl (C=O) groups is 1. The quantitative estimate of drug-likeness (QED) is 0.734. The average Bonchev–Trinajstić information content (AvgIpc) is 2.95. The molecule has 1 N–H and O–H groups in total. The van der Waals surface area contributed by atoms with Gasteiger partial charge in [-0.15, -0.1) is 0 Å². The Morgan fingerprint density at radius 2 is 1.75 bits per heavy atom. The van der Waals surface area contributed by atoms with Gasteiger partial charge in [-0.3, -0.25) is 4.79 Å². The van der Waals surface area contributed by atoms with Gasteiger partial charge < -0.3 is 9.84 Å². The zero-order valence-corrected chi connectivity index (χ0v) is 10.5. The number of hydrogen-bond donors (Lipinski definition) is 1. The fraction of sp³-hybridized carbons (Fsp3) is 0.923. The van der Waals surface area contributed by atoms with E-state index in [1.165, 1.54) is 7.11 Å². The summed E-state index contributed by atoms with van der Waals surface area (Å²) >= 11 is 0. The van der Waals surface area contributed by atoms with Crippen LogP contribution in [0.3, 0.4) is 0 Å². The van der Waals surface area contributed by atoms with E-state index < -0.39 is 11.0 Å². The Hall–Kier alpha value is -0.570. The van der Waals surface area contributed by atoms with Crippen molar-refractivity contribution < 1.29 is 14.6 Å². The first kappa shape index (κ1) is 11.9. The molecule has 2 atom stereocenters. The first-order valence-corrected chi connectivity index (χ1v) is 6.24. The van der Waals surface area contributed by atoms with Crippen LogP contribution in [0.5, 0.6) is 0 Å². The number of ether oxygens (including phenoxy) is 1. The van der Waals surface area contributed by atoms with Crippen molar-refractivity contribution in [2.45, 2.75) is 51.6 Å². The molecule has 0 aromatic carbocycles. The van der Waals surface area contributed by atoms with Gasteiger partial charge in [-0.1, -0.05) is 13.8 Å². The van der Waals surface area contributed by atoms with E-state index in [4.69, 9.17) is 4.74 Å². The molecular formula is C13H22O3. The van der Waals surface area contributed by atoms with Crippen LogP contribution in [0.15, 0.2) is 0 Å². The van der Waals surface area contributed by atoms with E-state index in [-0.39, 0.29) is 5.97 Å². The second kappa shape index (κ2) is 3.73. The smallest absolute Gasteiger partial charge is 0.314 e. The molecule has 2 aliphatic rings. The zero-order valence-electron chi connectivity index (χ0n) is 10.5. The van der Waals surface area contributed by atoms with Gasteiger partial charge in [0.1, 0.15) is 0 Å². The van der Waals surface area contributed by atoms with E-state index in [9.17, 15) is 9.90 Å². The molecule has 0 radical (unpaired) electrons. The SMILES string of the molecule is COC(=O)C1(C2(O)CC(C)CC(C)C2)CC1. The van der Waals surface area contributed by atoms with E-state index in [1.54, 1.807) is 0 Å². The number of esters is 1. The molecule has 16 heavy (non-hydrogen) atoms. The Morgan fingerprint density at radius 3 is 2.12 bits per heavy atom. The van der Waals surface area contributed by atoms with Crippen molar-refractivity contribution in [3.05, 3.63) is 0 Å². The third kappa shape index (κ3) is 1.65. The largest absolute Gasteiger partial charge is 0.469 e. The minimum absolute atomic E-state index is 0.212. The molecule has 2 rings (SSSR count). The van der Waals surface area contributed by atoms with Crippen LogP contribution in [0.1, 0.15) is 46.0 Å². The second-order valence-corrected chi connectivity index (χ2v) is 5.96. The summed E-state index contributed by atoms with van der Waals surface area (Å²) in [4.78, 5) is 11.8. The van der Waals surface area contributed by atoms with Gasteiger partial charge >= 0.3 is 5.97 Å². The van der Waals surface area contributed by atoms with Gasteiger partial charge in [-0.25, -0.2) is 0 Å². The molecule has 3 nitrogen and oxygen atoms in total. The molecule has 0 bridgehead atoms. The molecule has 2 aliphatic carbocycles. The Morgan fingerprint density at radius 1 is 1.25 bits per heavy atom. The highest BCUT2D eigenvalue weighted by Crippen LogP contribution is 2.60. The fourth-order valence-corrected chi connectivity index (χ4v) is 3.66. The lowest BCUT2D eigenvalue weighted by Crippen LogP contribution is -2.49. The summed E-state index contributed by atoms with van der Waals surface area (Å²) in [7, 11) is 1.42. The van der Waals surface area contributed by atoms with Crippen LogP contribution in [-0.2, 0) is 9.53 Å². The predicted molar refractivity (Wildman–Crippen MR) is 60.8 cm³/mol. The highest BCUT2D eigenvalue weighted by Gasteiger charge is 2.65. The second-order valence-electron chi connectivity index (χ2n) is 5.96. The van der Waals surface area contributed by atoms with Crippen molar-refractivity contribution in [3.8, 4) is 0 Å². The standard InChI is InChI=1S/C13H22O3/c1-9-6-10(2)8-13(15,7-9)12(4-5-12)11(14)16-3/h9-10,15H,4-8H2,1-3H3. The van der Waals surface area contributed by atoms with E-state index in [2.05, 4.69) is 13.8 Å². The van der Waals surface area contributed by atoms with Crippen LogP contribution in [0, 0.1) is 17.3 Å². The molecular weight excluding hydrogens is 204 g/mol. The molecule has 0 aromatic heterocycles. The van der Waals surface area contributed by atoms with E-state index in [1.807, 2.05) is 0 Å². The first-order chi connectivity index (χ1) is 7.43. The molecule has 0 aromatic rings. The number of aliphatic hydroxyl groups is 1. The molecule has 3 heteroatoms. The number of methoxy groups -OCH3 is 1. The Balaban J connectivity index is 2.21. The maximum Gasteiger partial charge on any atom is 0.314 e. The van der Waals surface area contributed by atoms with E-state index in [0.717, 1.165) is 32.1 Å².